The van der Waals surface area contributed by atoms with Gasteiger partial charge in [-0.05, 0) is 37.3 Å². The van der Waals surface area contributed by atoms with Crippen LogP contribution in [0.3, 0.4) is 0 Å². The van der Waals surface area contributed by atoms with E-state index in [1.54, 1.807) is 24.5 Å². The number of benzene rings is 1. The zero-order chi connectivity index (χ0) is 20.3. The van der Waals surface area contributed by atoms with Gasteiger partial charge in [0, 0.05) is 24.0 Å². The fraction of sp³-hybridized carbons (Fsp3) is 0.158. The lowest BCUT2D eigenvalue weighted by atomic mass is 10.1. The lowest BCUT2D eigenvalue weighted by Crippen LogP contribution is -2.33. The number of amides is 1. The van der Waals surface area contributed by atoms with Gasteiger partial charge in [-0.3, -0.25) is 14.6 Å². The summed E-state index contributed by atoms with van der Waals surface area (Å²) in [5.41, 5.74) is -0.799. The van der Waals surface area contributed by atoms with E-state index in [0.29, 0.717) is 11.3 Å². The topological polar surface area (TPSA) is 76.9 Å². The number of carbonyl (C=O) groups excluding carboxylic acids is 1. The molecule has 0 saturated heterocycles. The van der Waals surface area contributed by atoms with Crippen LogP contribution < -0.4 is 10.9 Å². The van der Waals surface area contributed by atoms with Crippen molar-refractivity contribution < 1.29 is 18.0 Å². The van der Waals surface area contributed by atoms with Gasteiger partial charge in [-0.1, -0.05) is 12.1 Å². The number of anilines is 1. The summed E-state index contributed by atoms with van der Waals surface area (Å²) in [6, 6.07) is 9.61. The number of rotatable bonds is 4. The van der Waals surface area contributed by atoms with Gasteiger partial charge in [0.2, 0.25) is 5.91 Å². The summed E-state index contributed by atoms with van der Waals surface area (Å²) >= 11 is 0. The van der Waals surface area contributed by atoms with Gasteiger partial charge in [-0.2, -0.15) is 18.3 Å². The van der Waals surface area contributed by atoms with Crippen molar-refractivity contribution in [2.45, 2.75) is 19.1 Å². The van der Waals surface area contributed by atoms with Crippen LogP contribution >= 0.6 is 0 Å². The largest absolute Gasteiger partial charge is 0.418 e. The van der Waals surface area contributed by atoms with Crippen LogP contribution in [0.25, 0.3) is 11.3 Å². The second-order valence-electron chi connectivity index (χ2n) is 5.95. The summed E-state index contributed by atoms with van der Waals surface area (Å²) in [5, 5.41) is 6.40. The Morgan fingerprint density at radius 2 is 1.75 bits per heavy atom. The Hall–Kier alpha value is -3.49. The average Bonchev–Trinajstić information content (AvgIpc) is 2.68. The molecule has 0 bridgehead atoms. The normalized spacial score (nSPS) is 12.4. The molecule has 0 radical (unpaired) electrons. The third kappa shape index (κ3) is 4.08. The molecule has 0 aliphatic carbocycles. The van der Waals surface area contributed by atoms with E-state index in [0.717, 1.165) is 16.8 Å². The minimum atomic E-state index is -4.62. The molecular weight excluding hydrogens is 373 g/mol. The van der Waals surface area contributed by atoms with Gasteiger partial charge < -0.3 is 5.32 Å². The van der Waals surface area contributed by atoms with E-state index in [-0.39, 0.29) is 5.69 Å². The molecule has 0 aliphatic rings. The van der Waals surface area contributed by atoms with Gasteiger partial charge in [0.15, 0.2) is 0 Å². The van der Waals surface area contributed by atoms with Crippen molar-refractivity contribution in [3.8, 4) is 11.3 Å². The van der Waals surface area contributed by atoms with Crippen molar-refractivity contribution in [1.29, 1.82) is 0 Å². The van der Waals surface area contributed by atoms with Crippen LogP contribution in [0, 0.1) is 0 Å². The van der Waals surface area contributed by atoms with E-state index >= 15 is 0 Å². The Balaban J connectivity index is 1.90. The summed E-state index contributed by atoms with van der Waals surface area (Å²) < 4.78 is 40.2. The van der Waals surface area contributed by atoms with E-state index in [1.165, 1.54) is 31.2 Å². The molecule has 9 heteroatoms. The molecule has 0 saturated carbocycles. The smallest absolute Gasteiger partial charge is 0.324 e. The highest BCUT2D eigenvalue weighted by molar-refractivity contribution is 5.94. The SMILES string of the molecule is CC(C(=O)Nc1ccccc1C(F)(F)F)n1nc(-c2ccncc2)ccc1=O. The number of hydrogen-bond donors (Lipinski definition) is 1. The molecule has 144 valence electrons. The first-order valence-electron chi connectivity index (χ1n) is 8.25. The van der Waals surface area contributed by atoms with Crippen LogP contribution in [0.4, 0.5) is 18.9 Å². The summed E-state index contributed by atoms with van der Waals surface area (Å²) in [5.74, 6) is -0.793. The molecule has 1 unspecified atom stereocenters. The van der Waals surface area contributed by atoms with Crippen LogP contribution in [-0.4, -0.2) is 20.7 Å². The molecule has 28 heavy (non-hydrogen) atoms. The molecule has 3 aromatic rings. The zero-order valence-corrected chi connectivity index (χ0v) is 14.6. The quantitative estimate of drug-likeness (QED) is 0.742. The van der Waals surface area contributed by atoms with Crippen LogP contribution in [0.1, 0.15) is 18.5 Å². The van der Waals surface area contributed by atoms with Gasteiger partial charge in [-0.15, -0.1) is 0 Å². The number of para-hydroxylation sites is 1. The van der Waals surface area contributed by atoms with Crippen LogP contribution in [0.5, 0.6) is 0 Å². The molecule has 1 atom stereocenters. The number of aromatic nitrogens is 3. The number of nitrogens with zero attached hydrogens (tertiary/aromatic N) is 3. The van der Waals surface area contributed by atoms with Crippen LogP contribution in [0.2, 0.25) is 0 Å². The van der Waals surface area contributed by atoms with Crippen molar-refractivity contribution in [2.24, 2.45) is 0 Å². The Labute approximate surface area is 157 Å². The van der Waals surface area contributed by atoms with Gasteiger partial charge in [0.05, 0.1) is 16.9 Å². The highest BCUT2D eigenvalue weighted by Crippen LogP contribution is 2.34. The molecule has 1 N–H and O–H groups in total. The van der Waals surface area contributed by atoms with Crippen molar-refractivity contribution in [2.75, 3.05) is 5.32 Å². The predicted molar refractivity (Wildman–Crippen MR) is 96.5 cm³/mol. The highest BCUT2D eigenvalue weighted by Gasteiger charge is 2.34. The third-order valence-electron chi connectivity index (χ3n) is 4.04. The average molecular weight is 388 g/mol. The number of halogens is 3. The highest BCUT2D eigenvalue weighted by atomic mass is 19.4. The molecule has 0 aliphatic heterocycles. The summed E-state index contributed by atoms with van der Waals surface area (Å²) in [6.07, 6.45) is -1.52. The molecule has 3 rings (SSSR count). The summed E-state index contributed by atoms with van der Waals surface area (Å²) in [6.45, 7) is 1.39. The van der Waals surface area contributed by atoms with Gasteiger partial charge in [0.25, 0.3) is 5.56 Å². The lowest BCUT2D eigenvalue weighted by Gasteiger charge is -2.17. The maximum atomic E-state index is 13.1. The van der Waals surface area contributed by atoms with Crippen LogP contribution in [-0.2, 0) is 11.0 Å². The molecule has 6 nitrogen and oxygen atoms in total. The minimum Gasteiger partial charge on any atom is -0.324 e. The third-order valence-corrected chi connectivity index (χ3v) is 4.04. The Bertz CT molecular complexity index is 1050. The maximum absolute atomic E-state index is 13.1. The van der Waals surface area contributed by atoms with E-state index < -0.39 is 29.2 Å². The Morgan fingerprint density at radius 3 is 2.43 bits per heavy atom. The fourth-order valence-corrected chi connectivity index (χ4v) is 2.57. The van der Waals surface area contributed by atoms with E-state index in [4.69, 9.17) is 0 Å². The van der Waals surface area contributed by atoms with Gasteiger partial charge >= 0.3 is 6.18 Å². The molecule has 0 spiro atoms. The number of carbonyl (C=O) groups is 1. The Kier molecular flexibility index (Phi) is 5.25. The lowest BCUT2D eigenvalue weighted by molar-refractivity contribution is -0.137. The van der Waals surface area contributed by atoms with E-state index in [1.807, 2.05) is 0 Å². The first kappa shape index (κ1) is 19.3. The molecule has 1 amide bonds. The summed E-state index contributed by atoms with van der Waals surface area (Å²) in [7, 11) is 0. The maximum Gasteiger partial charge on any atom is 0.418 e. The number of pyridine rings is 1. The fourth-order valence-electron chi connectivity index (χ4n) is 2.57. The van der Waals surface area contributed by atoms with Crippen molar-refractivity contribution in [3.63, 3.8) is 0 Å². The number of alkyl halides is 3. The van der Waals surface area contributed by atoms with E-state index in [2.05, 4.69) is 15.4 Å². The first-order chi connectivity index (χ1) is 13.3. The zero-order valence-electron chi connectivity index (χ0n) is 14.6. The van der Waals surface area contributed by atoms with Crippen LogP contribution in [0.15, 0.2) is 65.7 Å². The molecule has 1 aromatic carbocycles. The van der Waals surface area contributed by atoms with Gasteiger partial charge in [-0.25, -0.2) is 4.68 Å². The molecular formula is C19H15F3N4O2. The Morgan fingerprint density at radius 1 is 1.07 bits per heavy atom. The number of hydrogen-bond acceptors (Lipinski definition) is 4. The molecule has 0 fully saturated rings. The first-order valence-corrected chi connectivity index (χ1v) is 8.25. The predicted octanol–water partition coefficient (Wildman–Crippen LogP) is 3.52. The minimum absolute atomic E-state index is 0.384. The van der Waals surface area contributed by atoms with Crippen molar-refractivity contribution in [1.82, 2.24) is 14.8 Å². The molecule has 2 aromatic heterocycles. The monoisotopic (exact) mass is 388 g/mol. The molecule has 2 heterocycles. The number of nitrogens with one attached hydrogen (secondary N) is 1. The second kappa shape index (κ2) is 7.63. The summed E-state index contributed by atoms with van der Waals surface area (Å²) in [4.78, 5) is 28.6. The second-order valence-corrected chi connectivity index (χ2v) is 5.95. The standard InChI is InChI=1S/C19H15F3N4O2/c1-12(18(28)24-16-5-3-2-4-14(16)19(20,21)22)26-17(27)7-6-15(25-26)13-8-10-23-11-9-13/h2-12H,1H3,(H,24,28). The van der Waals surface area contributed by atoms with E-state index in [9.17, 15) is 22.8 Å². The van der Waals surface area contributed by atoms with Crippen molar-refractivity contribution >= 4 is 11.6 Å². The van der Waals surface area contributed by atoms with Crippen molar-refractivity contribution in [3.05, 3.63) is 76.8 Å². The van der Waals surface area contributed by atoms with Gasteiger partial charge in [0.1, 0.15) is 6.04 Å².